The molecule has 0 spiro atoms. The van der Waals surface area contributed by atoms with Crippen LogP contribution in [0.25, 0.3) is 11.1 Å². The fraction of sp³-hybridized carbons (Fsp3) is 0.273. The fourth-order valence-corrected chi connectivity index (χ4v) is 3.02. The normalized spacial score (nSPS) is 11.1. The molecular formula is C22H27N9O2S. The van der Waals surface area contributed by atoms with E-state index in [-0.39, 0.29) is 0 Å². The van der Waals surface area contributed by atoms with Gasteiger partial charge in [-0.3, -0.25) is 0 Å². The van der Waals surface area contributed by atoms with Gasteiger partial charge in [0.1, 0.15) is 30.2 Å². The minimum atomic E-state index is 0.388. The van der Waals surface area contributed by atoms with Gasteiger partial charge in [-0.05, 0) is 30.9 Å². The average Bonchev–Trinajstić information content (AvgIpc) is 3.40. The second-order valence-electron chi connectivity index (χ2n) is 6.35. The lowest BCUT2D eigenvalue weighted by Crippen LogP contribution is -2.17. The van der Waals surface area contributed by atoms with Crippen molar-refractivity contribution >= 4 is 23.6 Å². The standard InChI is InChI=1S/C18H20N6O2.C4H7N3S/c1-5-15(17(26-4)24-20-2)23-18-21-10-14(11-22-18)12-6-7-13(9-19)16(8-12)25-3;1-8-4-7-3-5-2-6-7/h5-8,10-11,20H,1-4H3,(H,21,22,23);2-3H,4H2,1H3/b15-5+,24-17+;. The summed E-state index contributed by atoms with van der Waals surface area (Å²) < 4.78 is 12.2. The van der Waals surface area contributed by atoms with Crippen LogP contribution in [0.1, 0.15) is 12.5 Å². The van der Waals surface area contributed by atoms with Crippen molar-refractivity contribution in [2.45, 2.75) is 12.8 Å². The first kappa shape index (κ1) is 26.1. The number of ether oxygens (including phenoxy) is 2. The first-order valence-electron chi connectivity index (χ1n) is 10.0. The lowest BCUT2D eigenvalue weighted by atomic mass is 10.1. The fourth-order valence-electron chi connectivity index (χ4n) is 2.62. The number of rotatable bonds is 8. The Morgan fingerprint density at radius 1 is 1.26 bits per heavy atom. The molecule has 34 heavy (non-hydrogen) atoms. The van der Waals surface area contributed by atoms with Gasteiger partial charge in [-0.25, -0.2) is 19.6 Å². The highest BCUT2D eigenvalue weighted by Crippen LogP contribution is 2.26. The highest BCUT2D eigenvalue weighted by Gasteiger charge is 2.10. The van der Waals surface area contributed by atoms with E-state index < -0.39 is 0 Å². The van der Waals surface area contributed by atoms with Gasteiger partial charge in [0.25, 0.3) is 5.90 Å². The summed E-state index contributed by atoms with van der Waals surface area (Å²) in [5.74, 6) is 2.19. The van der Waals surface area contributed by atoms with Crippen LogP contribution < -0.4 is 15.5 Å². The van der Waals surface area contributed by atoms with E-state index in [9.17, 15) is 0 Å². The first-order valence-corrected chi connectivity index (χ1v) is 11.4. The average molecular weight is 482 g/mol. The Morgan fingerprint density at radius 2 is 2.03 bits per heavy atom. The predicted molar refractivity (Wildman–Crippen MR) is 133 cm³/mol. The topological polar surface area (TPSA) is 135 Å². The molecule has 0 saturated heterocycles. The number of aromatic nitrogens is 5. The second-order valence-corrected chi connectivity index (χ2v) is 7.18. The van der Waals surface area contributed by atoms with Crippen LogP contribution >= 0.6 is 11.8 Å². The van der Waals surface area contributed by atoms with Crippen LogP contribution in [0.3, 0.4) is 0 Å². The molecule has 12 heteroatoms. The van der Waals surface area contributed by atoms with Gasteiger partial charge in [-0.15, -0.1) is 16.9 Å². The molecule has 11 nitrogen and oxygen atoms in total. The smallest absolute Gasteiger partial charge is 0.254 e. The molecule has 0 saturated carbocycles. The number of nitriles is 1. The Morgan fingerprint density at radius 3 is 2.56 bits per heavy atom. The third kappa shape index (κ3) is 7.49. The second kappa shape index (κ2) is 14.1. The van der Waals surface area contributed by atoms with Crippen LogP contribution in [0.15, 0.2) is 60.1 Å². The number of nitrogens with one attached hydrogen (secondary N) is 2. The van der Waals surface area contributed by atoms with Crippen LogP contribution in [0.4, 0.5) is 5.95 Å². The summed E-state index contributed by atoms with van der Waals surface area (Å²) in [7, 11) is 4.75. The van der Waals surface area contributed by atoms with Gasteiger partial charge in [-0.2, -0.15) is 10.4 Å². The molecular weight excluding hydrogens is 454 g/mol. The molecule has 0 atom stereocenters. The summed E-state index contributed by atoms with van der Waals surface area (Å²) in [5.41, 5.74) is 5.44. The highest BCUT2D eigenvalue weighted by atomic mass is 32.2. The van der Waals surface area contributed by atoms with Crippen molar-refractivity contribution in [1.29, 1.82) is 5.26 Å². The minimum Gasteiger partial charge on any atom is -0.495 e. The molecule has 2 N–H and O–H groups in total. The van der Waals surface area contributed by atoms with Gasteiger partial charge in [0.15, 0.2) is 0 Å². The van der Waals surface area contributed by atoms with E-state index in [1.165, 1.54) is 20.5 Å². The van der Waals surface area contributed by atoms with E-state index in [1.807, 2.05) is 25.3 Å². The van der Waals surface area contributed by atoms with Crippen LogP contribution in [0, 0.1) is 11.3 Å². The van der Waals surface area contributed by atoms with Gasteiger partial charge >= 0.3 is 0 Å². The Kier molecular flexibility index (Phi) is 10.9. The van der Waals surface area contributed by atoms with E-state index in [0.717, 1.165) is 17.0 Å². The largest absolute Gasteiger partial charge is 0.495 e. The zero-order valence-electron chi connectivity index (χ0n) is 19.7. The van der Waals surface area contributed by atoms with E-state index >= 15 is 0 Å². The summed E-state index contributed by atoms with van der Waals surface area (Å²) in [6, 6.07) is 7.40. The third-order valence-corrected chi connectivity index (χ3v) is 4.73. The Labute approximate surface area is 202 Å². The van der Waals surface area contributed by atoms with Crippen molar-refractivity contribution in [2.24, 2.45) is 5.10 Å². The molecule has 0 amide bonds. The van der Waals surface area contributed by atoms with Crippen LogP contribution in [-0.4, -0.2) is 58.2 Å². The first-order chi connectivity index (χ1) is 16.6. The summed E-state index contributed by atoms with van der Waals surface area (Å²) >= 11 is 1.72. The molecule has 0 aliphatic rings. The van der Waals surface area contributed by atoms with Crippen LogP contribution in [0.2, 0.25) is 0 Å². The van der Waals surface area contributed by atoms with E-state index in [0.29, 0.717) is 28.9 Å². The molecule has 1 aromatic carbocycles. The molecule has 0 aliphatic carbocycles. The Balaban J connectivity index is 0.000000430. The van der Waals surface area contributed by atoms with Crippen molar-refractivity contribution < 1.29 is 9.47 Å². The maximum atomic E-state index is 9.07. The molecule has 0 radical (unpaired) electrons. The summed E-state index contributed by atoms with van der Waals surface area (Å²) in [4.78, 5) is 12.4. The lowest BCUT2D eigenvalue weighted by molar-refractivity contribution is 0.399. The molecule has 2 aromatic heterocycles. The van der Waals surface area contributed by atoms with Gasteiger partial charge < -0.3 is 20.2 Å². The number of thioether (sulfide) groups is 1. The molecule has 0 bridgehead atoms. The molecule has 0 aliphatic heterocycles. The third-order valence-electron chi connectivity index (χ3n) is 4.21. The summed E-state index contributed by atoms with van der Waals surface area (Å²) in [5, 5.41) is 20.0. The van der Waals surface area contributed by atoms with Gasteiger partial charge in [0.05, 0.1) is 25.7 Å². The number of anilines is 1. The molecule has 0 unspecified atom stereocenters. The van der Waals surface area contributed by atoms with Crippen molar-refractivity contribution in [3.63, 3.8) is 0 Å². The maximum Gasteiger partial charge on any atom is 0.254 e. The molecule has 3 rings (SSSR count). The Bertz CT molecular complexity index is 1120. The zero-order valence-corrected chi connectivity index (χ0v) is 20.5. The minimum absolute atomic E-state index is 0.388. The Hall–Kier alpha value is -4.11. The number of benzene rings is 1. The van der Waals surface area contributed by atoms with Crippen molar-refractivity contribution in [1.82, 2.24) is 30.2 Å². The van der Waals surface area contributed by atoms with E-state index in [4.69, 9.17) is 14.7 Å². The van der Waals surface area contributed by atoms with Crippen molar-refractivity contribution in [2.75, 3.05) is 32.8 Å². The number of methoxy groups -OCH3 is 2. The SMILES string of the molecule is C/C=C(Nc1ncc(-c2ccc(C#N)c(OC)c2)cn1)\C(=N/NC)OC.CSCn1cncn1. The predicted octanol–water partition coefficient (Wildman–Crippen LogP) is 3.12. The summed E-state index contributed by atoms with van der Waals surface area (Å²) in [6.07, 6.45) is 10.5. The number of hydrazone groups is 1. The zero-order chi connectivity index (χ0) is 24.8. The van der Waals surface area contributed by atoms with E-state index in [1.54, 1.807) is 54.3 Å². The molecule has 0 fully saturated rings. The van der Waals surface area contributed by atoms with Gasteiger partial charge in [0.2, 0.25) is 5.95 Å². The number of allylic oxidation sites excluding steroid dienone is 1. The summed E-state index contributed by atoms with van der Waals surface area (Å²) in [6.45, 7) is 1.85. The molecule has 3 aromatic rings. The van der Waals surface area contributed by atoms with Crippen LogP contribution in [0.5, 0.6) is 5.75 Å². The van der Waals surface area contributed by atoms with Crippen molar-refractivity contribution in [3.05, 3.63) is 60.6 Å². The van der Waals surface area contributed by atoms with Crippen molar-refractivity contribution in [3.8, 4) is 22.9 Å². The quantitative estimate of drug-likeness (QED) is 0.281. The van der Waals surface area contributed by atoms with Gasteiger partial charge in [-0.1, -0.05) is 12.1 Å². The van der Waals surface area contributed by atoms with Gasteiger partial charge in [0, 0.05) is 25.0 Å². The molecule has 178 valence electrons. The monoisotopic (exact) mass is 481 g/mol. The molecule has 2 heterocycles. The number of hydrogen-bond donors (Lipinski definition) is 2. The van der Waals surface area contributed by atoms with E-state index in [2.05, 4.69) is 42.0 Å². The number of hydrogen-bond acceptors (Lipinski definition) is 11. The lowest BCUT2D eigenvalue weighted by Gasteiger charge is -2.11. The highest BCUT2D eigenvalue weighted by molar-refractivity contribution is 7.97. The van der Waals surface area contributed by atoms with Crippen LogP contribution in [-0.2, 0) is 10.6 Å². The maximum absolute atomic E-state index is 9.07. The number of nitrogens with zero attached hydrogens (tertiary/aromatic N) is 7.